The van der Waals surface area contributed by atoms with Crippen LogP contribution in [0, 0.1) is 0 Å². The standard InChI is InChI=1S/C15H30N4OS/c1-4-17-9-10-20-13(11-17)12-18-5-7-19(8-6-18)15(2,3)14(16)21/h13H,4-12H2,1-3H3,(H2,16,21). The van der Waals surface area contributed by atoms with E-state index in [-0.39, 0.29) is 5.54 Å². The third kappa shape index (κ3) is 4.36. The van der Waals surface area contributed by atoms with Gasteiger partial charge in [-0.2, -0.15) is 0 Å². The highest BCUT2D eigenvalue weighted by molar-refractivity contribution is 7.80. The van der Waals surface area contributed by atoms with Crippen LogP contribution in [-0.4, -0.2) is 90.3 Å². The van der Waals surface area contributed by atoms with Crippen molar-refractivity contribution in [3.05, 3.63) is 0 Å². The maximum absolute atomic E-state index is 5.91. The van der Waals surface area contributed by atoms with Crippen molar-refractivity contribution in [2.45, 2.75) is 32.4 Å². The van der Waals surface area contributed by atoms with Crippen molar-refractivity contribution in [3.8, 4) is 0 Å². The number of hydrogen-bond acceptors (Lipinski definition) is 5. The normalized spacial score (nSPS) is 26.9. The predicted octanol–water partition coefficient (Wildman–Crippen LogP) is 0.389. The van der Waals surface area contributed by atoms with Crippen LogP contribution in [0.25, 0.3) is 0 Å². The van der Waals surface area contributed by atoms with Crippen LogP contribution in [0.2, 0.25) is 0 Å². The number of hydrogen-bond donors (Lipinski definition) is 1. The first-order chi connectivity index (χ1) is 9.93. The molecule has 2 aliphatic heterocycles. The highest BCUT2D eigenvalue weighted by Crippen LogP contribution is 2.18. The van der Waals surface area contributed by atoms with Gasteiger partial charge in [-0.25, -0.2) is 0 Å². The predicted molar refractivity (Wildman–Crippen MR) is 90.7 cm³/mol. The molecule has 1 atom stereocenters. The lowest BCUT2D eigenvalue weighted by molar-refractivity contribution is -0.0488. The highest BCUT2D eigenvalue weighted by Gasteiger charge is 2.33. The zero-order valence-electron chi connectivity index (χ0n) is 13.7. The number of piperazine rings is 1. The molecule has 2 heterocycles. The molecule has 0 radical (unpaired) electrons. The first-order valence-corrected chi connectivity index (χ1v) is 8.45. The Morgan fingerprint density at radius 2 is 1.86 bits per heavy atom. The summed E-state index contributed by atoms with van der Waals surface area (Å²) in [4.78, 5) is 7.97. The Labute approximate surface area is 134 Å². The molecule has 0 saturated carbocycles. The molecule has 2 fully saturated rings. The third-order valence-corrected chi connectivity index (χ3v) is 5.40. The van der Waals surface area contributed by atoms with Crippen LogP contribution in [0.3, 0.4) is 0 Å². The maximum Gasteiger partial charge on any atom is 0.0928 e. The van der Waals surface area contributed by atoms with E-state index in [1.165, 1.54) is 0 Å². The van der Waals surface area contributed by atoms with Crippen LogP contribution in [0.4, 0.5) is 0 Å². The average Bonchev–Trinajstić information content (AvgIpc) is 2.48. The first-order valence-electron chi connectivity index (χ1n) is 8.04. The van der Waals surface area contributed by atoms with Gasteiger partial charge in [0.2, 0.25) is 0 Å². The zero-order valence-corrected chi connectivity index (χ0v) is 14.5. The largest absolute Gasteiger partial charge is 0.392 e. The Morgan fingerprint density at radius 1 is 1.19 bits per heavy atom. The molecule has 6 heteroatoms. The van der Waals surface area contributed by atoms with Gasteiger partial charge in [-0.1, -0.05) is 19.1 Å². The lowest BCUT2D eigenvalue weighted by Crippen LogP contribution is -2.60. The zero-order chi connectivity index (χ0) is 15.5. The van der Waals surface area contributed by atoms with Crippen LogP contribution in [0.15, 0.2) is 0 Å². The highest BCUT2D eigenvalue weighted by atomic mass is 32.1. The summed E-state index contributed by atoms with van der Waals surface area (Å²) in [5.41, 5.74) is 5.69. The number of morpholine rings is 1. The molecule has 0 amide bonds. The van der Waals surface area contributed by atoms with E-state index in [2.05, 4.69) is 35.5 Å². The summed E-state index contributed by atoms with van der Waals surface area (Å²) >= 11 is 5.20. The Balaban J connectivity index is 1.78. The minimum atomic E-state index is -0.179. The maximum atomic E-state index is 5.91. The quantitative estimate of drug-likeness (QED) is 0.741. The third-order valence-electron chi connectivity index (χ3n) is 4.90. The summed E-state index contributed by atoms with van der Waals surface area (Å²) in [6.07, 6.45) is 0.355. The van der Waals surface area contributed by atoms with Gasteiger partial charge in [0, 0.05) is 45.8 Å². The van der Waals surface area contributed by atoms with Crippen molar-refractivity contribution in [3.63, 3.8) is 0 Å². The van der Waals surface area contributed by atoms with E-state index in [1.54, 1.807) is 0 Å². The molecule has 5 nitrogen and oxygen atoms in total. The summed E-state index contributed by atoms with van der Waals surface area (Å²) in [6.45, 7) is 15.8. The number of nitrogens with two attached hydrogens (primary N) is 1. The van der Waals surface area contributed by atoms with Crippen molar-refractivity contribution in [2.24, 2.45) is 5.73 Å². The van der Waals surface area contributed by atoms with Gasteiger partial charge in [-0.3, -0.25) is 14.7 Å². The summed E-state index contributed by atoms with van der Waals surface area (Å²) < 4.78 is 5.91. The van der Waals surface area contributed by atoms with Gasteiger partial charge in [0.15, 0.2) is 0 Å². The molecule has 0 aromatic heterocycles. The first kappa shape index (κ1) is 17.1. The van der Waals surface area contributed by atoms with Crippen molar-refractivity contribution >= 4 is 17.2 Å². The number of rotatable bonds is 5. The van der Waals surface area contributed by atoms with Gasteiger partial charge in [-0.15, -0.1) is 0 Å². The smallest absolute Gasteiger partial charge is 0.0928 e. The molecule has 0 aromatic carbocycles. The number of ether oxygens (including phenoxy) is 1. The topological polar surface area (TPSA) is 45.0 Å². The van der Waals surface area contributed by atoms with E-state index >= 15 is 0 Å². The average molecular weight is 314 g/mol. The van der Waals surface area contributed by atoms with E-state index in [1.807, 2.05) is 0 Å². The van der Waals surface area contributed by atoms with Crippen LogP contribution in [-0.2, 0) is 4.74 Å². The van der Waals surface area contributed by atoms with Gasteiger partial charge in [0.1, 0.15) is 0 Å². The SMILES string of the molecule is CCN1CCOC(CN2CCN(C(C)(C)C(N)=S)CC2)C1. The van der Waals surface area contributed by atoms with E-state index in [4.69, 9.17) is 22.7 Å². The summed E-state index contributed by atoms with van der Waals surface area (Å²) in [5, 5.41) is 0. The van der Waals surface area contributed by atoms with Crippen molar-refractivity contribution in [1.29, 1.82) is 0 Å². The number of likely N-dealkylation sites (N-methyl/N-ethyl adjacent to an activating group) is 1. The minimum Gasteiger partial charge on any atom is -0.392 e. The Kier molecular flexibility index (Phi) is 5.96. The molecule has 0 bridgehead atoms. The second-order valence-corrected chi connectivity index (χ2v) is 7.04. The van der Waals surface area contributed by atoms with Crippen LogP contribution >= 0.6 is 12.2 Å². The molecule has 122 valence electrons. The fraction of sp³-hybridized carbons (Fsp3) is 0.933. The summed E-state index contributed by atoms with van der Waals surface area (Å²) in [6, 6.07) is 0. The second-order valence-electron chi connectivity index (χ2n) is 6.60. The lowest BCUT2D eigenvalue weighted by atomic mass is 10.0. The number of thiocarbonyl (C=S) groups is 1. The van der Waals surface area contributed by atoms with E-state index in [0.717, 1.165) is 59.0 Å². The van der Waals surface area contributed by atoms with Crippen LogP contribution in [0.1, 0.15) is 20.8 Å². The summed E-state index contributed by atoms with van der Waals surface area (Å²) in [7, 11) is 0. The van der Waals surface area contributed by atoms with Gasteiger partial charge in [0.25, 0.3) is 0 Å². The molecular formula is C15H30N4OS. The van der Waals surface area contributed by atoms with Crippen molar-refractivity contribution in [2.75, 3.05) is 59.0 Å². The van der Waals surface area contributed by atoms with E-state index in [0.29, 0.717) is 11.1 Å². The molecule has 21 heavy (non-hydrogen) atoms. The Hall–Kier alpha value is -0.270. The lowest BCUT2D eigenvalue weighted by Gasteiger charge is -2.44. The van der Waals surface area contributed by atoms with Crippen molar-refractivity contribution in [1.82, 2.24) is 14.7 Å². The summed E-state index contributed by atoms with van der Waals surface area (Å²) in [5.74, 6) is 0. The van der Waals surface area contributed by atoms with Gasteiger partial charge >= 0.3 is 0 Å². The van der Waals surface area contributed by atoms with Gasteiger partial charge in [-0.05, 0) is 20.4 Å². The second kappa shape index (κ2) is 7.33. The van der Waals surface area contributed by atoms with E-state index in [9.17, 15) is 0 Å². The molecule has 2 aliphatic rings. The van der Waals surface area contributed by atoms with Gasteiger partial charge in [0.05, 0.1) is 23.2 Å². The molecule has 0 aromatic rings. The molecule has 1 unspecified atom stereocenters. The van der Waals surface area contributed by atoms with E-state index < -0.39 is 0 Å². The monoisotopic (exact) mass is 314 g/mol. The Bertz CT molecular complexity index is 356. The van der Waals surface area contributed by atoms with Crippen molar-refractivity contribution < 1.29 is 4.74 Å². The fourth-order valence-electron chi connectivity index (χ4n) is 3.11. The number of nitrogens with zero attached hydrogens (tertiary/aromatic N) is 3. The fourth-order valence-corrected chi connectivity index (χ4v) is 3.24. The molecule has 2 saturated heterocycles. The molecule has 2 N–H and O–H groups in total. The van der Waals surface area contributed by atoms with Gasteiger partial charge < -0.3 is 10.5 Å². The molecule has 0 spiro atoms. The molecule has 2 rings (SSSR count). The Morgan fingerprint density at radius 3 is 2.43 bits per heavy atom. The molecular weight excluding hydrogens is 284 g/mol. The molecule has 0 aliphatic carbocycles. The minimum absolute atomic E-state index is 0.179. The van der Waals surface area contributed by atoms with Crippen LogP contribution < -0.4 is 5.73 Å². The van der Waals surface area contributed by atoms with Crippen LogP contribution in [0.5, 0.6) is 0 Å².